The number of aliphatic carboxylic acids is 1. The fourth-order valence-corrected chi connectivity index (χ4v) is 1.92. The lowest BCUT2D eigenvalue weighted by atomic mass is 10.2. The summed E-state index contributed by atoms with van der Waals surface area (Å²) in [6.07, 6.45) is -0.578. The number of carboxylic acid groups (broad SMARTS) is 1. The second kappa shape index (κ2) is 2.81. The molecule has 0 aromatic heterocycles. The fourth-order valence-electron chi connectivity index (χ4n) is 0.985. The summed E-state index contributed by atoms with van der Waals surface area (Å²) in [6, 6.07) is -1.04. The summed E-state index contributed by atoms with van der Waals surface area (Å²) in [7, 11) is 0. The number of hydrogen-bond donors (Lipinski definition) is 1. The van der Waals surface area contributed by atoms with E-state index < -0.39 is 30.9 Å². The Balaban J connectivity index is 2.66. The summed E-state index contributed by atoms with van der Waals surface area (Å²) >= 11 is 1.61. The van der Waals surface area contributed by atoms with E-state index in [0.29, 0.717) is 0 Å². The Kier molecular flexibility index (Phi) is 2.33. The van der Waals surface area contributed by atoms with Crippen molar-refractivity contribution in [3.63, 3.8) is 0 Å². The number of hydrogen-bond acceptors (Lipinski definition) is 2. The summed E-state index contributed by atoms with van der Waals surface area (Å²) in [6.45, 7) is -0.468. The monoisotopic (exact) mass is 277 g/mol. The molecular weight excluding hydrogens is 271 g/mol. The second-order valence-electron chi connectivity index (χ2n) is 2.47. The quantitative estimate of drug-likeness (QED) is 0.577. The van der Waals surface area contributed by atoms with Crippen LogP contribution in [0, 0.1) is 0 Å². The molecular formula is C5H6F2INO2. The molecule has 1 aliphatic rings. The van der Waals surface area contributed by atoms with Gasteiger partial charge in [-0.15, -0.1) is 0 Å². The summed E-state index contributed by atoms with van der Waals surface area (Å²) in [5.41, 5.74) is 0. The maximum absolute atomic E-state index is 12.5. The van der Waals surface area contributed by atoms with Gasteiger partial charge in [0, 0.05) is 29.3 Å². The lowest BCUT2D eigenvalue weighted by Gasteiger charge is -2.09. The third-order valence-electron chi connectivity index (χ3n) is 1.50. The van der Waals surface area contributed by atoms with Gasteiger partial charge in [0.15, 0.2) is 0 Å². The van der Waals surface area contributed by atoms with Crippen molar-refractivity contribution < 1.29 is 18.7 Å². The smallest absolute Gasteiger partial charge is 0.321 e. The highest BCUT2D eigenvalue weighted by atomic mass is 127. The standard InChI is InChI=1S/C5H6F2INO2/c6-5(7)1-3(4(10)11)9(8)2-5/h3H,1-2H2,(H,10,11)/t3-/m0/s1. The normalized spacial score (nSPS) is 30.6. The molecule has 0 saturated carbocycles. The van der Waals surface area contributed by atoms with Gasteiger partial charge < -0.3 is 5.11 Å². The van der Waals surface area contributed by atoms with Gasteiger partial charge in [-0.3, -0.25) is 4.79 Å². The number of carbonyl (C=O) groups is 1. The zero-order valence-electron chi connectivity index (χ0n) is 5.43. The Morgan fingerprint density at radius 2 is 2.27 bits per heavy atom. The van der Waals surface area contributed by atoms with Crippen LogP contribution in [0.4, 0.5) is 8.78 Å². The third kappa shape index (κ3) is 1.98. The molecule has 0 bridgehead atoms. The number of nitrogens with zero attached hydrogens (tertiary/aromatic N) is 1. The SMILES string of the molecule is O=C(O)[C@@H]1CC(F)(F)CN1I. The molecule has 1 atom stereocenters. The molecule has 64 valence electrons. The van der Waals surface area contributed by atoms with E-state index in [1.807, 2.05) is 0 Å². The number of rotatable bonds is 1. The molecule has 1 heterocycles. The van der Waals surface area contributed by atoms with Gasteiger partial charge in [0.05, 0.1) is 6.54 Å². The van der Waals surface area contributed by atoms with E-state index in [1.54, 1.807) is 22.9 Å². The van der Waals surface area contributed by atoms with Gasteiger partial charge in [-0.05, 0) is 0 Å². The lowest BCUT2D eigenvalue weighted by Crippen LogP contribution is -2.27. The van der Waals surface area contributed by atoms with Crippen LogP contribution < -0.4 is 0 Å². The Morgan fingerprint density at radius 1 is 1.73 bits per heavy atom. The van der Waals surface area contributed by atoms with E-state index in [2.05, 4.69) is 0 Å². The molecule has 0 aromatic rings. The van der Waals surface area contributed by atoms with Gasteiger partial charge in [0.25, 0.3) is 5.92 Å². The molecule has 1 rings (SSSR count). The van der Waals surface area contributed by atoms with Crippen molar-refractivity contribution >= 4 is 28.8 Å². The van der Waals surface area contributed by atoms with Gasteiger partial charge >= 0.3 is 5.97 Å². The Hall–Kier alpha value is 0.0200. The first kappa shape index (κ1) is 9.11. The van der Waals surface area contributed by atoms with Crippen LogP contribution in [0.25, 0.3) is 0 Å². The minimum atomic E-state index is -2.84. The lowest BCUT2D eigenvalue weighted by molar-refractivity contribution is -0.140. The van der Waals surface area contributed by atoms with Gasteiger partial charge in [0.2, 0.25) is 0 Å². The van der Waals surface area contributed by atoms with Crippen molar-refractivity contribution in [2.45, 2.75) is 18.4 Å². The highest BCUT2D eigenvalue weighted by Crippen LogP contribution is 2.34. The highest BCUT2D eigenvalue weighted by molar-refractivity contribution is 14.1. The molecule has 1 saturated heterocycles. The fraction of sp³-hybridized carbons (Fsp3) is 0.800. The van der Waals surface area contributed by atoms with Crippen molar-refractivity contribution in [1.29, 1.82) is 0 Å². The summed E-state index contributed by atoms with van der Waals surface area (Å²) in [4.78, 5) is 10.3. The maximum Gasteiger partial charge on any atom is 0.321 e. The van der Waals surface area contributed by atoms with E-state index >= 15 is 0 Å². The molecule has 0 radical (unpaired) electrons. The van der Waals surface area contributed by atoms with E-state index in [9.17, 15) is 13.6 Å². The van der Waals surface area contributed by atoms with Crippen LogP contribution in [0.2, 0.25) is 0 Å². The predicted molar refractivity (Wildman–Crippen MR) is 41.7 cm³/mol. The number of halogens is 3. The molecule has 11 heavy (non-hydrogen) atoms. The predicted octanol–water partition coefficient (Wildman–Crippen LogP) is 1.13. The van der Waals surface area contributed by atoms with Crippen molar-refractivity contribution in [1.82, 2.24) is 3.11 Å². The van der Waals surface area contributed by atoms with E-state index in [1.165, 1.54) is 0 Å². The first-order chi connectivity index (χ1) is 4.92. The molecule has 1 fully saturated rings. The second-order valence-corrected chi connectivity index (χ2v) is 3.71. The van der Waals surface area contributed by atoms with Gasteiger partial charge in [-0.2, -0.15) is 0 Å². The van der Waals surface area contributed by atoms with Gasteiger partial charge in [-0.1, -0.05) is 0 Å². The van der Waals surface area contributed by atoms with E-state index in [4.69, 9.17) is 5.11 Å². The molecule has 3 nitrogen and oxygen atoms in total. The number of carboxylic acids is 1. The zero-order valence-corrected chi connectivity index (χ0v) is 7.59. The minimum absolute atomic E-state index is 0.468. The van der Waals surface area contributed by atoms with Crippen molar-refractivity contribution in [2.75, 3.05) is 6.54 Å². The van der Waals surface area contributed by atoms with Crippen LogP contribution in [0.1, 0.15) is 6.42 Å². The van der Waals surface area contributed by atoms with Crippen LogP contribution in [-0.4, -0.2) is 32.7 Å². The first-order valence-corrected chi connectivity index (χ1v) is 3.92. The summed E-state index contributed by atoms with van der Waals surface area (Å²) in [5, 5.41) is 8.44. The largest absolute Gasteiger partial charge is 0.480 e. The van der Waals surface area contributed by atoms with Crippen molar-refractivity contribution in [3.05, 3.63) is 0 Å². The number of alkyl halides is 2. The molecule has 0 aliphatic carbocycles. The average Bonchev–Trinajstić information content (AvgIpc) is 2.05. The van der Waals surface area contributed by atoms with Gasteiger partial charge in [-0.25, -0.2) is 11.9 Å². The molecule has 6 heteroatoms. The van der Waals surface area contributed by atoms with Crippen LogP contribution in [0.15, 0.2) is 0 Å². The van der Waals surface area contributed by atoms with Crippen molar-refractivity contribution in [2.24, 2.45) is 0 Å². The highest BCUT2D eigenvalue weighted by Gasteiger charge is 2.47. The van der Waals surface area contributed by atoms with Gasteiger partial charge in [0.1, 0.15) is 6.04 Å². The Morgan fingerprint density at radius 3 is 2.45 bits per heavy atom. The molecule has 1 aliphatic heterocycles. The first-order valence-electron chi connectivity index (χ1n) is 2.95. The molecule has 0 amide bonds. The summed E-state index contributed by atoms with van der Waals surface area (Å²) < 4.78 is 26.1. The molecule has 0 unspecified atom stereocenters. The van der Waals surface area contributed by atoms with Crippen LogP contribution >= 0.6 is 22.9 Å². The minimum Gasteiger partial charge on any atom is -0.480 e. The zero-order chi connectivity index (χ0) is 8.65. The Labute approximate surface area is 75.9 Å². The summed E-state index contributed by atoms with van der Waals surface area (Å²) in [5.74, 6) is -4.03. The average molecular weight is 277 g/mol. The van der Waals surface area contributed by atoms with Crippen LogP contribution in [-0.2, 0) is 4.79 Å². The molecule has 0 spiro atoms. The van der Waals surface area contributed by atoms with Crippen LogP contribution in [0.3, 0.4) is 0 Å². The third-order valence-corrected chi connectivity index (χ3v) is 2.51. The maximum atomic E-state index is 12.5. The van der Waals surface area contributed by atoms with Crippen LogP contribution in [0.5, 0.6) is 0 Å². The Bertz CT molecular complexity index is 187. The van der Waals surface area contributed by atoms with Crippen molar-refractivity contribution in [3.8, 4) is 0 Å². The topological polar surface area (TPSA) is 40.5 Å². The van der Waals surface area contributed by atoms with E-state index in [-0.39, 0.29) is 0 Å². The van der Waals surface area contributed by atoms with E-state index in [0.717, 1.165) is 3.11 Å². The molecule has 1 N–H and O–H groups in total. The molecule has 0 aromatic carbocycles.